The van der Waals surface area contributed by atoms with Crippen molar-refractivity contribution in [3.63, 3.8) is 0 Å². The first-order chi connectivity index (χ1) is 15.6. The monoisotopic (exact) mass is 572 g/mol. The zero-order valence-electron chi connectivity index (χ0n) is 20.0. The van der Waals surface area contributed by atoms with Crippen molar-refractivity contribution in [3.8, 4) is 0 Å². The van der Waals surface area contributed by atoms with Gasteiger partial charge in [-0.1, -0.05) is 5.11 Å². The molecule has 4 N–H and O–H groups in total. The van der Waals surface area contributed by atoms with E-state index < -0.39 is 60.1 Å². The first-order valence-electron chi connectivity index (χ1n) is 8.44. The van der Waals surface area contributed by atoms with E-state index in [0.29, 0.717) is 0 Å². The Labute approximate surface area is 259 Å². The number of aliphatic hydroxyl groups is 1. The maximum atomic E-state index is 11.9. The normalized spacial score (nSPS) is 23.8. The molecule has 3 rings (SSSR count). The second kappa shape index (κ2) is 15.4. The van der Waals surface area contributed by atoms with Gasteiger partial charge < -0.3 is 44.2 Å². The topological polar surface area (TPSA) is 339 Å². The molecule has 6 unspecified atom stereocenters. The third kappa shape index (κ3) is 10.2. The molecule has 1 saturated heterocycles. The van der Waals surface area contributed by atoms with Gasteiger partial charge in [0.05, 0.1) is 26.9 Å². The average Bonchev–Trinajstić information content (AvgIpc) is 3.19. The molecular weight excluding hydrogens is 561 g/mol. The van der Waals surface area contributed by atoms with Gasteiger partial charge in [-0.3, -0.25) is 27.8 Å². The van der Waals surface area contributed by atoms with E-state index in [1.54, 1.807) is 0 Å². The van der Waals surface area contributed by atoms with E-state index in [1.807, 2.05) is 0 Å². The van der Waals surface area contributed by atoms with Crippen LogP contribution in [-0.2, 0) is 31.6 Å². The van der Waals surface area contributed by atoms with Crippen LogP contribution in [0.2, 0.25) is 0 Å². The number of nitrogens with zero attached hydrogens (tertiary/aromatic N) is 6. The van der Waals surface area contributed by atoms with Crippen LogP contribution in [0.15, 0.2) is 16.2 Å². The van der Waals surface area contributed by atoms with Crippen LogP contribution in [0.5, 0.6) is 0 Å². The van der Waals surface area contributed by atoms with Gasteiger partial charge in [-0.2, -0.15) is 4.98 Å². The number of H-pyrrole nitrogens is 1. The molecule has 6 atom stereocenters. The molecule has 2 aromatic heterocycles. The third-order valence-corrected chi connectivity index (χ3v) is 7.71. The molecule has 1 fully saturated rings. The zero-order chi connectivity index (χ0) is 25.5. The van der Waals surface area contributed by atoms with Crippen molar-refractivity contribution in [1.82, 2.24) is 19.5 Å². The van der Waals surface area contributed by atoms with Crippen molar-refractivity contribution in [3.05, 3.63) is 27.1 Å². The van der Waals surface area contributed by atoms with Gasteiger partial charge in [0.25, 0.3) is 21.2 Å². The molecule has 0 radical (unpaired) electrons. The maximum absolute atomic E-state index is 11.9. The van der Waals surface area contributed by atoms with E-state index in [4.69, 9.17) is 16.0 Å². The standard InChI is InChI=1S/C10H15N8O13P3.4Li/c11-10-14-7-5(8(20)15-10)13-2-18(7)9-4(16-17-12)6(19)3(29-9)1-28-33(24,25)31-34(26,27)30-32(21,22)23;;;;/h2-4,6,9,19H,1H2,(H,24,25)(H,26,27)(H2,21,22,23)(H3,11,14,15,20);;;;/q;4*+1/p-4. The largest absolute Gasteiger partial charge is 1.00 e. The number of phosphoric ester groups is 1. The maximum Gasteiger partial charge on any atom is 1.00 e. The summed E-state index contributed by atoms with van der Waals surface area (Å²) >= 11 is 0. The van der Waals surface area contributed by atoms with Crippen molar-refractivity contribution < 1.29 is 132 Å². The predicted molar refractivity (Wildman–Crippen MR) is 96.4 cm³/mol. The number of imidazole rings is 1. The van der Waals surface area contributed by atoms with Crippen molar-refractivity contribution in [2.45, 2.75) is 24.5 Å². The molecule has 3 heterocycles. The number of aliphatic hydroxyl groups excluding tert-OH is 1. The quantitative estimate of drug-likeness (QED) is 0.0825. The Kier molecular flexibility index (Phi) is 16.4. The van der Waals surface area contributed by atoms with Gasteiger partial charge in [0.1, 0.15) is 18.4 Å². The minimum Gasteiger partial charge on any atom is -0.790 e. The molecule has 1 aliphatic heterocycles. The summed E-state index contributed by atoms with van der Waals surface area (Å²) in [5.41, 5.74) is 13.2. The molecule has 0 saturated carbocycles. The average molecular weight is 572 g/mol. The molecule has 0 aliphatic carbocycles. The number of ether oxygens (including phenoxy) is 1. The fraction of sp³-hybridized carbons (Fsp3) is 0.500. The summed E-state index contributed by atoms with van der Waals surface area (Å²) in [6.07, 6.45) is -3.79. The number of fused-ring (bicyclic) bond motifs is 1. The van der Waals surface area contributed by atoms with Crippen LogP contribution in [-0.4, -0.2) is 49.5 Å². The molecule has 38 heavy (non-hydrogen) atoms. The summed E-state index contributed by atoms with van der Waals surface area (Å²) in [6, 6.07) is -1.47. The van der Waals surface area contributed by atoms with Crippen LogP contribution in [0.3, 0.4) is 0 Å². The molecule has 2 aromatic rings. The van der Waals surface area contributed by atoms with Gasteiger partial charge in [-0.05, 0) is 5.53 Å². The van der Waals surface area contributed by atoms with Crippen LogP contribution < -0.4 is 106 Å². The van der Waals surface area contributed by atoms with Gasteiger partial charge in [0, 0.05) is 4.91 Å². The summed E-state index contributed by atoms with van der Waals surface area (Å²) in [5, 5.41) is 13.8. The number of aromatic amines is 1. The number of aromatic nitrogens is 4. The number of nitrogens with one attached hydrogen (secondary N) is 1. The predicted octanol–water partition coefficient (Wildman–Crippen LogP) is -15.5. The molecule has 0 amide bonds. The Balaban J connectivity index is 0. The minimum absolute atomic E-state index is 0. The van der Waals surface area contributed by atoms with Crippen LogP contribution in [0.4, 0.5) is 5.95 Å². The van der Waals surface area contributed by atoms with E-state index in [9.17, 15) is 43.2 Å². The third-order valence-electron chi connectivity index (χ3n) is 4.04. The fourth-order valence-electron chi connectivity index (χ4n) is 2.86. The number of nitrogen functional groups attached to an aromatic ring is 1. The molecule has 21 nitrogen and oxygen atoms in total. The van der Waals surface area contributed by atoms with Gasteiger partial charge >= 0.3 is 75.4 Å². The molecule has 28 heteroatoms. The van der Waals surface area contributed by atoms with Crippen molar-refractivity contribution in [1.29, 1.82) is 0 Å². The number of hydrogen-bond donors (Lipinski definition) is 3. The summed E-state index contributed by atoms with van der Waals surface area (Å²) in [5.74, 6) is -0.313. The number of anilines is 1. The van der Waals surface area contributed by atoms with Crippen LogP contribution >= 0.6 is 23.5 Å². The van der Waals surface area contributed by atoms with E-state index >= 15 is 0 Å². The number of hydrogen-bond acceptors (Lipinski definition) is 17. The van der Waals surface area contributed by atoms with Gasteiger partial charge in [-0.25, -0.2) is 9.29 Å². The Morgan fingerprint density at radius 3 is 2.34 bits per heavy atom. The minimum atomic E-state index is -6.20. The summed E-state index contributed by atoms with van der Waals surface area (Å²) in [7, 11) is -18.3. The second-order valence-electron chi connectivity index (χ2n) is 6.33. The van der Waals surface area contributed by atoms with Gasteiger partial charge in [-0.15, -0.1) is 0 Å². The fourth-order valence-corrected chi connectivity index (χ4v) is 5.72. The first kappa shape index (κ1) is 40.3. The number of nitrogens with two attached hydrogens (primary N) is 1. The van der Waals surface area contributed by atoms with Crippen LogP contribution in [0.25, 0.3) is 21.6 Å². The van der Waals surface area contributed by atoms with E-state index in [-0.39, 0.29) is 92.6 Å². The zero-order valence-corrected chi connectivity index (χ0v) is 22.7. The number of rotatable bonds is 9. The molecule has 0 bridgehead atoms. The van der Waals surface area contributed by atoms with Crippen LogP contribution in [0.1, 0.15) is 6.23 Å². The Bertz CT molecular complexity index is 1350. The van der Waals surface area contributed by atoms with Gasteiger partial charge in [0.2, 0.25) is 5.95 Å². The number of phosphoric acid groups is 3. The molecular formula is C10H11Li4N8O13P3. The summed E-state index contributed by atoms with van der Waals surface area (Å²) in [4.78, 5) is 68.0. The van der Waals surface area contributed by atoms with Gasteiger partial charge in [0.15, 0.2) is 11.2 Å². The summed E-state index contributed by atoms with van der Waals surface area (Å²) in [6.45, 7) is -1.15. The van der Waals surface area contributed by atoms with E-state index in [2.05, 4.69) is 38.1 Å². The van der Waals surface area contributed by atoms with Crippen LogP contribution in [0, 0.1) is 0 Å². The summed E-state index contributed by atoms with van der Waals surface area (Å²) < 4.78 is 50.5. The Hall–Kier alpha value is 0.180. The van der Waals surface area contributed by atoms with Crippen molar-refractivity contribution >= 4 is 40.6 Å². The second-order valence-corrected chi connectivity index (χ2v) is 10.6. The van der Waals surface area contributed by atoms with E-state index in [1.165, 1.54) is 0 Å². The Morgan fingerprint density at radius 1 is 1.18 bits per heavy atom. The SMILES string of the molecule is [Li+].[Li+].[Li+].[Li+].[N-]=[N+]=NC1C(O)C(COP(=O)([O-])OP(=O)([O-])OP(=O)([O-])[O-])OC1n1cnc2c(=O)[nH]c(N)nc21. The Morgan fingerprint density at radius 2 is 1.79 bits per heavy atom. The van der Waals surface area contributed by atoms with E-state index in [0.717, 1.165) is 10.9 Å². The molecule has 0 spiro atoms. The van der Waals surface area contributed by atoms with Crippen molar-refractivity contribution in [2.24, 2.45) is 5.11 Å². The smallest absolute Gasteiger partial charge is 0.790 e. The molecule has 1 aliphatic rings. The molecule has 0 aromatic carbocycles. The molecule has 188 valence electrons. The number of azide groups is 1. The first-order valence-corrected chi connectivity index (χ1v) is 12.8. The van der Waals surface area contributed by atoms with Crippen molar-refractivity contribution in [2.75, 3.05) is 12.3 Å².